The molecule has 0 bridgehead atoms. The minimum Gasteiger partial charge on any atom is -0.444 e. The number of hydrogen-bond acceptors (Lipinski definition) is 6. The average molecular weight is 514 g/mol. The van der Waals surface area contributed by atoms with Crippen LogP contribution in [-0.2, 0) is 19.4 Å². The molecule has 2 rings (SSSR count). The van der Waals surface area contributed by atoms with Crippen molar-refractivity contribution in [2.24, 2.45) is 5.41 Å². The van der Waals surface area contributed by atoms with Gasteiger partial charge in [-0.25, -0.2) is 17.6 Å². The van der Waals surface area contributed by atoms with E-state index in [0.29, 0.717) is 39.0 Å². The van der Waals surface area contributed by atoms with Crippen molar-refractivity contribution in [2.45, 2.75) is 65.4 Å². The van der Waals surface area contributed by atoms with E-state index in [2.05, 4.69) is 10.6 Å². The zero-order chi connectivity index (χ0) is 26.4. The summed E-state index contributed by atoms with van der Waals surface area (Å²) in [5.74, 6) is -0.509. The van der Waals surface area contributed by atoms with Gasteiger partial charge in [0.2, 0.25) is 5.91 Å². The van der Waals surface area contributed by atoms with Gasteiger partial charge in [0, 0.05) is 50.5 Å². The van der Waals surface area contributed by atoms with Crippen LogP contribution in [0.1, 0.15) is 65.4 Å². The Bertz CT molecular complexity index is 1000. The van der Waals surface area contributed by atoms with Crippen LogP contribution in [0.5, 0.6) is 0 Å². The Kier molecular flexibility index (Phi) is 9.56. The molecule has 0 aromatic heterocycles. The minimum atomic E-state index is -3.15. The molecule has 1 aliphatic rings. The van der Waals surface area contributed by atoms with Crippen molar-refractivity contribution >= 4 is 27.5 Å². The number of ether oxygens (including phenoxy) is 1. The number of sulfone groups is 1. The van der Waals surface area contributed by atoms with E-state index in [1.54, 1.807) is 31.7 Å². The van der Waals surface area contributed by atoms with Crippen LogP contribution in [0.15, 0.2) is 18.2 Å². The summed E-state index contributed by atoms with van der Waals surface area (Å²) < 4.78 is 42.3. The van der Waals surface area contributed by atoms with Crippen molar-refractivity contribution in [3.05, 3.63) is 29.6 Å². The van der Waals surface area contributed by atoms with Crippen LogP contribution in [0.25, 0.3) is 0 Å². The summed E-state index contributed by atoms with van der Waals surface area (Å²) in [4.78, 5) is 26.9. The van der Waals surface area contributed by atoms with Gasteiger partial charge in [0.25, 0.3) is 0 Å². The largest absolute Gasteiger partial charge is 0.444 e. The van der Waals surface area contributed by atoms with Gasteiger partial charge >= 0.3 is 6.09 Å². The SMILES string of the molecule is CC(C)(CCNC(=O)OC(C)(C)C)CC(=O)N(CCCS(C)(=O)=O)CC1CNc2ccc(F)cc21. The second-order valence-corrected chi connectivity index (χ2v) is 13.4. The van der Waals surface area contributed by atoms with E-state index >= 15 is 0 Å². The summed E-state index contributed by atoms with van der Waals surface area (Å²) in [5.41, 5.74) is 0.692. The third kappa shape index (κ3) is 10.4. The van der Waals surface area contributed by atoms with Gasteiger partial charge in [0.05, 0.1) is 5.75 Å². The summed E-state index contributed by atoms with van der Waals surface area (Å²) in [6, 6.07) is 4.59. The predicted octanol–water partition coefficient (Wildman–Crippen LogP) is 3.93. The summed E-state index contributed by atoms with van der Waals surface area (Å²) in [6.45, 7) is 10.9. The van der Waals surface area contributed by atoms with Gasteiger partial charge in [-0.05, 0) is 62.8 Å². The molecule has 0 radical (unpaired) electrons. The van der Waals surface area contributed by atoms with Crippen LogP contribution < -0.4 is 10.6 Å². The van der Waals surface area contributed by atoms with Crippen LogP contribution in [0.2, 0.25) is 0 Å². The lowest BCUT2D eigenvalue weighted by atomic mass is 9.85. The van der Waals surface area contributed by atoms with Gasteiger partial charge in [-0.15, -0.1) is 0 Å². The molecule has 1 aromatic rings. The van der Waals surface area contributed by atoms with Crippen molar-refractivity contribution in [3.8, 4) is 0 Å². The highest BCUT2D eigenvalue weighted by Gasteiger charge is 2.30. The number of benzene rings is 1. The number of rotatable bonds is 11. The molecule has 1 aromatic carbocycles. The third-order valence-corrected chi connectivity index (χ3v) is 6.86. The van der Waals surface area contributed by atoms with Crippen molar-refractivity contribution in [2.75, 3.05) is 43.5 Å². The highest BCUT2D eigenvalue weighted by molar-refractivity contribution is 7.90. The maximum absolute atomic E-state index is 13.8. The number of nitrogens with zero attached hydrogens (tertiary/aromatic N) is 1. The number of carbonyl (C=O) groups is 2. The molecular formula is C25H40FN3O5S. The van der Waals surface area contributed by atoms with E-state index in [9.17, 15) is 22.4 Å². The first-order valence-electron chi connectivity index (χ1n) is 12.0. The molecule has 0 spiro atoms. The van der Waals surface area contributed by atoms with Crippen LogP contribution in [-0.4, -0.2) is 69.1 Å². The molecule has 1 unspecified atom stereocenters. The molecule has 0 aliphatic carbocycles. The molecule has 35 heavy (non-hydrogen) atoms. The number of carbonyl (C=O) groups excluding carboxylic acids is 2. The molecular weight excluding hydrogens is 473 g/mol. The van der Waals surface area contributed by atoms with Crippen molar-refractivity contribution in [3.63, 3.8) is 0 Å². The van der Waals surface area contributed by atoms with Gasteiger partial charge in [-0.2, -0.15) is 0 Å². The number of anilines is 1. The molecule has 10 heteroatoms. The highest BCUT2D eigenvalue weighted by Crippen LogP contribution is 2.33. The Morgan fingerprint density at radius 3 is 2.54 bits per heavy atom. The molecule has 0 saturated heterocycles. The fourth-order valence-electron chi connectivity index (χ4n) is 4.07. The fourth-order valence-corrected chi connectivity index (χ4v) is 4.72. The van der Waals surface area contributed by atoms with Crippen molar-refractivity contribution in [1.82, 2.24) is 10.2 Å². The maximum atomic E-state index is 13.8. The van der Waals surface area contributed by atoms with Gasteiger partial charge in [0.1, 0.15) is 21.3 Å². The lowest BCUT2D eigenvalue weighted by Crippen LogP contribution is -2.39. The number of nitrogens with one attached hydrogen (secondary N) is 2. The van der Waals surface area contributed by atoms with Gasteiger partial charge in [-0.3, -0.25) is 4.79 Å². The first-order chi connectivity index (χ1) is 16.0. The zero-order valence-corrected chi connectivity index (χ0v) is 22.6. The third-order valence-electron chi connectivity index (χ3n) is 5.83. The number of hydrogen-bond donors (Lipinski definition) is 2. The Morgan fingerprint density at radius 2 is 1.91 bits per heavy atom. The maximum Gasteiger partial charge on any atom is 0.407 e. The quantitative estimate of drug-likeness (QED) is 0.465. The van der Waals surface area contributed by atoms with E-state index in [0.717, 1.165) is 11.3 Å². The van der Waals surface area contributed by atoms with E-state index in [1.807, 2.05) is 13.8 Å². The molecule has 1 heterocycles. The van der Waals surface area contributed by atoms with E-state index in [1.165, 1.54) is 18.4 Å². The van der Waals surface area contributed by atoms with Gasteiger partial charge < -0.3 is 20.3 Å². The van der Waals surface area contributed by atoms with E-state index < -0.39 is 26.9 Å². The Labute approximate surface area is 208 Å². The van der Waals surface area contributed by atoms with Gasteiger partial charge in [-0.1, -0.05) is 13.8 Å². The Hall–Kier alpha value is -2.36. The second-order valence-electron chi connectivity index (χ2n) is 11.2. The molecule has 2 amide bonds. The van der Waals surface area contributed by atoms with Crippen molar-refractivity contribution in [1.29, 1.82) is 0 Å². The molecule has 198 valence electrons. The smallest absolute Gasteiger partial charge is 0.407 e. The molecule has 8 nitrogen and oxygen atoms in total. The van der Waals surface area contributed by atoms with Crippen LogP contribution in [0.3, 0.4) is 0 Å². The van der Waals surface area contributed by atoms with Crippen LogP contribution in [0.4, 0.5) is 14.9 Å². The van der Waals surface area contributed by atoms with Gasteiger partial charge in [0.15, 0.2) is 0 Å². The van der Waals surface area contributed by atoms with E-state index in [-0.39, 0.29) is 29.8 Å². The molecule has 0 fully saturated rings. The minimum absolute atomic E-state index is 0.00584. The molecule has 1 aliphatic heterocycles. The van der Waals surface area contributed by atoms with Crippen LogP contribution >= 0.6 is 0 Å². The molecule has 1 atom stereocenters. The summed E-state index contributed by atoms with van der Waals surface area (Å²) >= 11 is 0. The fraction of sp³-hybridized carbons (Fsp3) is 0.680. The first kappa shape index (κ1) is 28.9. The second kappa shape index (κ2) is 11.6. The molecule has 0 saturated carbocycles. The highest BCUT2D eigenvalue weighted by atomic mass is 32.2. The topological polar surface area (TPSA) is 105 Å². The zero-order valence-electron chi connectivity index (χ0n) is 21.7. The Balaban J connectivity index is 2.02. The number of amides is 2. The number of fused-ring (bicyclic) bond motifs is 1. The number of alkyl carbamates (subject to hydrolysis) is 1. The summed E-state index contributed by atoms with van der Waals surface area (Å²) in [5, 5.41) is 5.98. The van der Waals surface area contributed by atoms with E-state index in [4.69, 9.17) is 4.74 Å². The van der Waals surface area contributed by atoms with Crippen molar-refractivity contribution < 1.29 is 27.1 Å². The first-order valence-corrected chi connectivity index (χ1v) is 14.1. The van der Waals surface area contributed by atoms with Crippen LogP contribution in [0, 0.1) is 11.2 Å². The number of halogens is 1. The monoisotopic (exact) mass is 513 g/mol. The standard InChI is InChI=1S/C25H40FN3O5S/c1-24(2,3)34-23(31)27-11-10-25(4,5)15-22(30)29(12-7-13-35(6,32)33)17-18-16-28-21-9-8-19(26)14-20(18)21/h8-9,14,18,28H,7,10-13,15-17H2,1-6H3,(H,27,31). The summed E-state index contributed by atoms with van der Waals surface area (Å²) in [6.07, 6.45) is 1.81. The molecule has 2 N–H and O–H groups in total. The lowest BCUT2D eigenvalue weighted by Gasteiger charge is -2.31. The predicted molar refractivity (Wildman–Crippen MR) is 136 cm³/mol. The average Bonchev–Trinajstić information content (AvgIpc) is 3.06. The Morgan fingerprint density at radius 1 is 1.23 bits per heavy atom. The lowest BCUT2D eigenvalue weighted by molar-refractivity contribution is -0.133. The summed E-state index contributed by atoms with van der Waals surface area (Å²) in [7, 11) is -3.15. The normalized spacial score (nSPS) is 15.8.